The molecule has 0 spiro atoms. The summed E-state index contributed by atoms with van der Waals surface area (Å²) in [5.41, 5.74) is 1.06. The number of nitrogens with zero attached hydrogens (tertiary/aromatic N) is 2. The molecule has 0 saturated heterocycles. The summed E-state index contributed by atoms with van der Waals surface area (Å²) in [5.74, 6) is 0. The highest BCUT2D eigenvalue weighted by atomic mass is 35.5. The second kappa shape index (κ2) is 4.99. The number of rotatable bonds is 3. The molecule has 0 radical (unpaired) electrons. The number of nitrogens with one attached hydrogen (secondary N) is 1. The van der Waals surface area contributed by atoms with Crippen LogP contribution in [0.25, 0.3) is 0 Å². The van der Waals surface area contributed by atoms with Gasteiger partial charge in [-0.2, -0.15) is 0 Å². The van der Waals surface area contributed by atoms with Crippen molar-refractivity contribution in [3.05, 3.63) is 38.8 Å². The van der Waals surface area contributed by atoms with Crippen molar-refractivity contribution in [2.45, 2.75) is 13.5 Å². The van der Waals surface area contributed by atoms with Crippen LogP contribution in [0.3, 0.4) is 0 Å². The van der Waals surface area contributed by atoms with Crippen LogP contribution < -0.4 is 5.32 Å². The monoisotopic (exact) mass is 273 g/mol. The summed E-state index contributed by atoms with van der Waals surface area (Å²) < 4.78 is 0. The first-order valence-electron chi connectivity index (χ1n) is 4.63. The van der Waals surface area contributed by atoms with Crippen molar-refractivity contribution in [3.8, 4) is 0 Å². The van der Waals surface area contributed by atoms with Crippen LogP contribution >= 0.6 is 34.5 Å². The van der Waals surface area contributed by atoms with E-state index in [0.29, 0.717) is 16.6 Å². The number of aryl methyl sites for hydroxylation is 1. The summed E-state index contributed by atoms with van der Waals surface area (Å²) in [7, 11) is 0. The number of hydrogen-bond acceptors (Lipinski definition) is 4. The first-order valence-corrected chi connectivity index (χ1v) is 6.20. The van der Waals surface area contributed by atoms with E-state index < -0.39 is 0 Å². The van der Waals surface area contributed by atoms with E-state index in [4.69, 9.17) is 23.2 Å². The van der Waals surface area contributed by atoms with Gasteiger partial charge in [0.2, 0.25) is 5.13 Å². The Hall–Kier alpha value is -0.840. The third kappa shape index (κ3) is 2.84. The molecule has 2 rings (SSSR count). The molecule has 0 aliphatic heterocycles. The highest BCUT2D eigenvalue weighted by Crippen LogP contribution is 2.23. The lowest BCUT2D eigenvalue weighted by atomic mass is 10.2. The molecule has 1 aromatic heterocycles. The minimum absolute atomic E-state index is 0.564. The van der Waals surface area contributed by atoms with Crippen molar-refractivity contribution in [3.63, 3.8) is 0 Å². The Bertz CT molecular complexity index is 499. The topological polar surface area (TPSA) is 37.8 Å². The van der Waals surface area contributed by atoms with E-state index in [0.717, 1.165) is 15.7 Å². The molecule has 3 nitrogen and oxygen atoms in total. The van der Waals surface area contributed by atoms with Gasteiger partial charge in [0.1, 0.15) is 5.01 Å². The van der Waals surface area contributed by atoms with E-state index in [1.165, 1.54) is 11.3 Å². The minimum atomic E-state index is 0.564. The first kappa shape index (κ1) is 11.6. The highest BCUT2D eigenvalue weighted by molar-refractivity contribution is 7.15. The van der Waals surface area contributed by atoms with Crippen LogP contribution in [0.2, 0.25) is 10.0 Å². The van der Waals surface area contributed by atoms with Crippen LogP contribution in [-0.2, 0) is 6.54 Å². The summed E-state index contributed by atoms with van der Waals surface area (Å²) >= 11 is 13.3. The number of anilines is 1. The minimum Gasteiger partial charge on any atom is -0.356 e. The maximum atomic E-state index is 5.91. The Morgan fingerprint density at radius 3 is 2.69 bits per heavy atom. The van der Waals surface area contributed by atoms with Gasteiger partial charge < -0.3 is 5.32 Å². The zero-order valence-electron chi connectivity index (χ0n) is 8.50. The molecule has 1 aromatic carbocycles. The third-order valence-corrected chi connectivity index (χ3v) is 3.49. The molecule has 6 heteroatoms. The van der Waals surface area contributed by atoms with Gasteiger partial charge in [0, 0.05) is 6.54 Å². The Labute approximate surface area is 107 Å². The fourth-order valence-electron chi connectivity index (χ4n) is 1.20. The van der Waals surface area contributed by atoms with Crippen molar-refractivity contribution in [1.29, 1.82) is 0 Å². The van der Waals surface area contributed by atoms with Crippen LogP contribution in [0.1, 0.15) is 10.6 Å². The van der Waals surface area contributed by atoms with E-state index in [-0.39, 0.29) is 0 Å². The lowest BCUT2D eigenvalue weighted by Gasteiger charge is -2.03. The molecule has 0 saturated carbocycles. The molecule has 0 aliphatic rings. The molecule has 16 heavy (non-hydrogen) atoms. The molecule has 2 aromatic rings. The second-order valence-corrected chi connectivity index (χ2v) is 5.22. The molecular weight excluding hydrogens is 265 g/mol. The number of hydrogen-bond donors (Lipinski definition) is 1. The molecule has 0 aliphatic carbocycles. The first-order chi connectivity index (χ1) is 7.65. The molecule has 1 heterocycles. The Morgan fingerprint density at radius 2 is 2.06 bits per heavy atom. The fourth-order valence-corrected chi connectivity index (χ4v) is 2.10. The predicted octanol–water partition coefficient (Wildman–Crippen LogP) is 3.77. The molecule has 0 atom stereocenters. The van der Waals surface area contributed by atoms with Crippen LogP contribution in [0.5, 0.6) is 0 Å². The van der Waals surface area contributed by atoms with E-state index in [2.05, 4.69) is 15.5 Å². The summed E-state index contributed by atoms with van der Waals surface area (Å²) in [6.45, 7) is 2.58. The van der Waals surface area contributed by atoms with Crippen LogP contribution in [0, 0.1) is 6.92 Å². The lowest BCUT2D eigenvalue weighted by Crippen LogP contribution is -1.98. The largest absolute Gasteiger partial charge is 0.356 e. The van der Waals surface area contributed by atoms with Gasteiger partial charge in [-0.05, 0) is 24.6 Å². The molecule has 84 valence electrons. The lowest BCUT2D eigenvalue weighted by molar-refractivity contribution is 1.02. The molecule has 0 fully saturated rings. The molecule has 0 unspecified atom stereocenters. The van der Waals surface area contributed by atoms with Gasteiger partial charge in [0.05, 0.1) is 10.0 Å². The second-order valence-electron chi connectivity index (χ2n) is 3.23. The molecule has 0 bridgehead atoms. The van der Waals surface area contributed by atoms with E-state index in [9.17, 15) is 0 Å². The van der Waals surface area contributed by atoms with Crippen molar-refractivity contribution >= 4 is 39.7 Å². The standard InChI is InChI=1S/C10H9Cl2N3S/c1-6-14-15-10(16-6)13-5-7-2-3-8(11)9(12)4-7/h2-4H,5H2,1H3,(H,13,15). The summed E-state index contributed by atoms with van der Waals surface area (Å²) in [5, 5.41) is 13.9. The van der Waals surface area contributed by atoms with Gasteiger partial charge in [-0.3, -0.25) is 0 Å². The molecule has 1 N–H and O–H groups in total. The van der Waals surface area contributed by atoms with E-state index in [1.807, 2.05) is 19.1 Å². The van der Waals surface area contributed by atoms with Crippen LogP contribution in [0.15, 0.2) is 18.2 Å². The van der Waals surface area contributed by atoms with Crippen LogP contribution in [0.4, 0.5) is 5.13 Å². The summed E-state index contributed by atoms with van der Waals surface area (Å²) in [4.78, 5) is 0. The Balaban J connectivity index is 2.02. The molecule has 0 amide bonds. The normalized spacial score (nSPS) is 10.4. The van der Waals surface area contributed by atoms with Crippen molar-refractivity contribution < 1.29 is 0 Å². The van der Waals surface area contributed by atoms with Gasteiger partial charge in [0.15, 0.2) is 0 Å². The fraction of sp³-hybridized carbons (Fsp3) is 0.200. The maximum absolute atomic E-state index is 5.91. The average molecular weight is 274 g/mol. The van der Waals surface area contributed by atoms with Gasteiger partial charge in [-0.15, -0.1) is 10.2 Å². The Morgan fingerprint density at radius 1 is 1.25 bits per heavy atom. The Kier molecular flexibility index (Phi) is 3.63. The summed E-state index contributed by atoms with van der Waals surface area (Å²) in [6.07, 6.45) is 0. The predicted molar refractivity (Wildman–Crippen MR) is 68.4 cm³/mol. The summed E-state index contributed by atoms with van der Waals surface area (Å²) in [6, 6.07) is 5.55. The molecular formula is C10H9Cl2N3S. The van der Waals surface area contributed by atoms with Gasteiger partial charge in [0.25, 0.3) is 0 Å². The SMILES string of the molecule is Cc1nnc(NCc2ccc(Cl)c(Cl)c2)s1. The zero-order valence-corrected chi connectivity index (χ0v) is 10.8. The number of benzene rings is 1. The zero-order chi connectivity index (χ0) is 11.5. The quantitative estimate of drug-likeness (QED) is 0.925. The van der Waals surface area contributed by atoms with Crippen molar-refractivity contribution in [2.24, 2.45) is 0 Å². The third-order valence-electron chi connectivity index (χ3n) is 1.95. The smallest absolute Gasteiger partial charge is 0.205 e. The van der Waals surface area contributed by atoms with Gasteiger partial charge in [-0.1, -0.05) is 40.6 Å². The van der Waals surface area contributed by atoms with Crippen molar-refractivity contribution in [2.75, 3.05) is 5.32 Å². The number of aromatic nitrogens is 2. The van der Waals surface area contributed by atoms with Gasteiger partial charge >= 0.3 is 0 Å². The average Bonchev–Trinajstić information content (AvgIpc) is 2.66. The highest BCUT2D eigenvalue weighted by Gasteiger charge is 2.02. The van der Waals surface area contributed by atoms with Crippen molar-refractivity contribution in [1.82, 2.24) is 10.2 Å². The maximum Gasteiger partial charge on any atom is 0.205 e. The number of halogens is 2. The van der Waals surface area contributed by atoms with Crippen LogP contribution in [-0.4, -0.2) is 10.2 Å². The van der Waals surface area contributed by atoms with E-state index >= 15 is 0 Å². The van der Waals surface area contributed by atoms with E-state index in [1.54, 1.807) is 6.07 Å². The van der Waals surface area contributed by atoms with Gasteiger partial charge in [-0.25, -0.2) is 0 Å².